The smallest absolute Gasteiger partial charge is 0.143 e. The predicted octanol–water partition coefficient (Wildman–Crippen LogP) is 3.96. The first-order chi connectivity index (χ1) is 9.59. The molecule has 1 aromatic carbocycles. The van der Waals surface area contributed by atoms with E-state index in [0.29, 0.717) is 23.9 Å². The number of Topliss-reactive ketones (excluding diaryl/α,β-unsaturated/α-hetero) is 1. The van der Waals surface area contributed by atoms with Gasteiger partial charge in [0.25, 0.3) is 0 Å². The molecule has 2 nitrogen and oxygen atoms in total. The molecule has 2 heteroatoms. The van der Waals surface area contributed by atoms with E-state index in [-0.39, 0.29) is 5.41 Å². The third-order valence-electron chi connectivity index (χ3n) is 5.43. The van der Waals surface area contributed by atoms with Crippen LogP contribution >= 0.6 is 0 Å². The van der Waals surface area contributed by atoms with E-state index in [9.17, 15) is 9.90 Å². The van der Waals surface area contributed by atoms with Crippen molar-refractivity contribution in [3.8, 4) is 5.75 Å². The normalized spacial score (nSPS) is 31.1. The number of hydrogen-bond acceptors (Lipinski definition) is 2. The van der Waals surface area contributed by atoms with Crippen molar-refractivity contribution < 1.29 is 9.90 Å². The van der Waals surface area contributed by atoms with Crippen LogP contribution in [-0.2, 0) is 4.79 Å². The van der Waals surface area contributed by atoms with E-state index >= 15 is 0 Å². The molecule has 1 aromatic rings. The highest BCUT2D eigenvalue weighted by Gasteiger charge is 2.47. The van der Waals surface area contributed by atoms with Crippen LogP contribution in [0.3, 0.4) is 0 Å². The highest BCUT2D eigenvalue weighted by Crippen LogP contribution is 2.55. The average molecular weight is 266 g/mol. The van der Waals surface area contributed by atoms with Crippen molar-refractivity contribution in [1.82, 2.24) is 0 Å². The number of carbonyl (C=O) groups is 1. The molecule has 20 heavy (non-hydrogen) atoms. The molecule has 4 rings (SSSR count). The first kappa shape index (κ1) is 12.0. The van der Waals surface area contributed by atoms with Crippen LogP contribution in [0.5, 0.6) is 5.75 Å². The Bertz CT molecular complexity index is 681. The molecule has 102 valence electrons. The molecule has 1 saturated carbocycles. The molecule has 1 N–H and O–H groups in total. The molecular formula is C18H18O2. The minimum absolute atomic E-state index is 0.204. The highest BCUT2D eigenvalue weighted by atomic mass is 16.3. The maximum atomic E-state index is 12.2. The Morgan fingerprint density at radius 1 is 1.25 bits per heavy atom. The van der Waals surface area contributed by atoms with Crippen LogP contribution in [0.1, 0.15) is 49.7 Å². The lowest BCUT2D eigenvalue weighted by Gasteiger charge is -2.38. The lowest BCUT2D eigenvalue weighted by molar-refractivity contribution is -0.124. The Labute approximate surface area is 118 Å². The first-order valence-electron chi connectivity index (χ1n) is 7.37. The fourth-order valence-electron chi connectivity index (χ4n) is 4.25. The molecule has 3 aliphatic rings. The van der Waals surface area contributed by atoms with Crippen molar-refractivity contribution in [2.45, 2.75) is 38.5 Å². The summed E-state index contributed by atoms with van der Waals surface area (Å²) in [7, 11) is 0. The van der Waals surface area contributed by atoms with E-state index in [0.717, 1.165) is 24.8 Å². The summed E-state index contributed by atoms with van der Waals surface area (Å²) < 4.78 is 0. The summed E-state index contributed by atoms with van der Waals surface area (Å²) in [5, 5.41) is 9.62. The van der Waals surface area contributed by atoms with Gasteiger partial charge in [-0.25, -0.2) is 0 Å². The zero-order valence-electron chi connectivity index (χ0n) is 11.6. The lowest BCUT2D eigenvalue weighted by atomic mass is 9.65. The fourth-order valence-corrected chi connectivity index (χ4v) is 4.25. The van der Waals surface area contributed by atoms with Crippen LogP contribution in [0.15, 0.2) is 35.4 Å². The van der Waals surface area contributed by atoms with Gasteiger partial charge in [0.2, 0.25) is 0 Å². The number of rotatable bonds is 0. The van der Waals surface area contributed by atoms with Crippen LogP contribution in [-0.4, -0.2) is 10.9 Å². The van der Waals surface area contributed by atoms with E-state index in [4.69, 9.17) is 0 Å². The number of carbonyl (C=O) groups excluding carboxylic acids is 1. The van der Waals surface area contributed by atoms with Crippen LogP contribution < -0.4 is 0 Å². The van der Waals surface area contributed by atoms with Gasteiger partial charge in [0.1, 0.15) is 11.5 Å². The molecule has 2 atom stereocenters. The molecular weight excluding hydrogens is 248 g/mol. The van der Waals surface area contributed by atoms with E-state index in [1.165, 1.54) is 16.7 Å². The van der Waals surface area contributed by atoms with Crippen molar-refractivity contribution in [2.24, 2.45) is 5.41 Å². The molecule has 0 spiro atoms. The van der Waals surface area contributed by atoms with Crippen molar-refractivity contribution in [2.75, 3.05) is 0 Å². The summed E-state index contributed by atoms with van der Waals surface area (Å²) in [6, 6.07) is 5.65. The van der Waals surface area contributed by atoms with Gasteiger partial charge in [0.15, 0.2) is 0 Å². The van der Waals surface area contributed by atoms with Crippen molar-refractivity contribution in [3.05, 3.63) is 46.5 Å². The molecule has 0 bridgehead atoms. The second kappa shape index (κ2) is 3.85. The molecule has 0 radical (unpaired) electrons. The monoisotopic (exact) mass is 266 g/mol. The average Bonchev–Trinajstić information content (AvgIpc) is 2.74. The molecule has 0 aliphatic heterocycles. The Kier molecular flexibility index (Phi) is 2.30. The minimum atomic E-state index is -0.204. The van der Waals surface area contributed by atoms with Crippen LogP contribution in [0.4, 0.5) is 0 Å². The van der Waals surface area contributed by atoms with E-state index in [1.807, 2.05) is 12.1 Å². The number of fused-ring (bicyclic) bond motifs is 4. The lowest BCUT2D eigenvalue weighted by Crippen LogP contribution is -2.30. The standard InChI is InChI=1S/C18H18O2/c1-18-9-8-14-13-5-3-12(19)10-11(13)2-4-15(14)16(18)6-7-17(18)20/h2-5,10,14,19H,6-9H2,1H3/t14-,18+/m1/s1. The highest BCUT2D eigenvalue weighted by molar-refractivity contribution is 5.92. The Morgan fingerprint density at radius 3 is 2.95 bits per heavy atom. The number of aromatic hydroxyl groups is 1. The zero-order valence-corrected chi connectivity index (χ0v) is 11.6. The van der Waals surface area contributed by atoms with Gasteiger partial charge in [-0.15, -0.1) is 0 Å². The van der Waals surface area contributed by atoms with E-state index in [2.05, 4.69) is 19.1 Å². The number of ketones is 1. The van der Waals surface area contributed by atoms with Gasteiger partial charge in [-0.2, -0.15) is 0 Å². The number of phenolic OH excluding ortho intramolecular Hbond substituents is 1. The molecule has 1 fully saturated rings. The number of benzene rings is 1. The SMILES string of the molecule is C[C@]12CC[C@H]3C(=C1CCC2=O)C=Cc1cc(O)ccc13. The summed E-state index contributed by atoms with van der Waals surface area (Å²) in [4.78, 5) is 12.2. The van der Waals surface area contributed by atoms with Gasteiger partial charge in [-0.1, -0.05) is 23.8 Å². The van der Waals surface area contributed by atoms with Gasteiger partial charge in [0, 0.05) is 17.8 Å². The summed E-state index contributed by atoms with van der Waals surface area (Å²) in [6.07, 6.45) is 7.89. The van der Waals surface area contributed by atoms with Crippen LogP contribution in [0.25, 0.3) is 6.08 Å². The molecule has 0 unspecified atom stereocenters. The Hall–Kier alpha value is -1.83. The van der Waals surface area contributed by atoms with E-state index in [1.54, 1.807) is 6.07 Å². The van der Waals surface area contributed by atoms with Crippen molar-refractivity contribution >= 4 is 11.9 Å². The maximum absolute atomic E-state index is 12.2. The fraction of sp³-hybridized carbons (Fsp3) is 0.389. The molecule has 3 aliphatic carbocycles. The summed E-state index contributed by atoms with van der Waals surface area (Å²) in [5.41, 5.74) is 4.95. The topological polar surface area (TPSA) is 37.3 Å². The summed E-state index contributed by atoms with van der Waals surface area (Å²) in [5.74, 6) is 1.15. The van der Waals surface area contributed by atoms with Crippen LogP contribution in [0.2, 0.25) is 0 Å². The summed E-state index contributed by atoms with van der Waals surface area (Å²) in [6.45, 7) is 2.13. The molecule has 0 aromatic heterocycles. The van der Waals surface area contributed by atoms with Gasteiger partial charge in [-0.3, -0.25) is 4.79 Å². The second-order valence-corrected chi connectivity index (χ2v) is 6.43. The van der Waals surface area contributed by atoms with Gasteiger partial charge >= 0.3 is 0 Å². The third-order valence-corrected chi connectivity index (χ3v) is 5.43. The molecule has 0 amide bonds. The quantitative estimate of drug-likeness (QED) is 0.771. The Morgan fingerprint density at radius 2 is 2.10 bits per heavy atom. The minimum Gasteiger partial charge on any atom is -0.508 e. The van der Waals surface area contributed by atoms with Gasteiger partial charge < -0.3 is 5.11 Å². The summed E-state index contributed by atoms with van der Waals surface area (Å²) >= 11 is 0. The van der Waals surface area contributed by atoms with Gasteiger partial charge in [0.05, 0.1) is 0 Å². The Balaban J connectivity index is 1.90. The maximum Gasteiger partial charge on any atom is 0.143 e. The molecule has 0 heterocycles. The first-order valence-corrected chi connectivity index (χ1v) is 7.37. The van der Waals surface area contributed by atoms with Crippen molar-refractivity contribution in [1.29, 1.82) is 0 Å². The third kappa shape index (κ3) is 1.42. The second-order valence-electron chi connectivity index (χ2n) is 6.43. The largest absolute Gasteiger partial charge is 0.508 e. The number of phenols is 1. The number of hydrogen-bond donors (Lipinski definition) is 1. The van der Waals surface area contributed by atoms with Gasteiger partial charge in [-0.05, 0) is 55.0 Å². The zero-order chi connectivity index (χ0) is 13.9. The predicted molar refractivity (Wildman–Crippen MR) is 78.5 cm³/mol. The van der Waals surface area contributed by atoms with Crippen LogP contribution in [0, 0.1) is 5.41 Å². The van der Waals surface area contributed by atoms with E-state index < -0.39 is 0 Å². The molecule has 0 saturated heterocycles. The number of allylic oxidation sites excluding steroid dienone is 3. The van der Waals surface area contributed by atoms with Crippen molar-refractivity contribution in [3.63, 3.8) is 0 Å².